The van der Waals surface area contributed by atoms with Crippen LogP contribution in [0.5, 0.6) is 0 Å². The molecule has 0 aliphatic carbocycles. The first-order chi connectivity index (χ1) is 18.7. The van der Waals surface area contributed by atoms with Crippen molar-refractivity contribution in [3.8, 4) is 0 Å². The molecule has 0 spiro atoms. The van der Waals surface area contributed by atoms with E-state index in [1.54, 1.807) is 6.20 Å². The molecule has 0 saturated carbocycles. The van der Waals surface area contributed by atoms with Crippen molar-refractivity contribution in [2.75, 3.05) is 39.3 Å². The van der Waals surface area contributed by atoms with E-state index in [2.05, 4.69) is 65.4 Å². The second-order valence-corrected chi connectivity index (χ2v) is 11.0. The lowest BCUT2D eigenvalue weighted by molar-refractivity contribution is -0.139. The second-order valence-electron chi connectivity index (χ2n) is 10.1. The lowest BCUT2D eigenvalue weighted by atomic mass is 10.0. The van der Waals surface area contributed by atoms with Gasteiger partial charge in [0, 0.05) is 63.3 Å². The third kappa shape index (κ3) is 10.7. The number of unbranched alkanes of at least 4 members (excludes halogenated alkanes) is 4. The topological polar surface area (TPSA) is 56.8 Å². The van der Waals surface area contributed by atoms with E-state index in [4.69, 9.17) is 0 Å². The summed E-state index contributed by atoms with van der Waals surface area (Å²) in [7, 11) is 0. The van der Waals surface area contributed by atoms with Gasteiger partial charge in [-0.15, -0.1) is 11.3 Å². The molecule has 0 N–H and O–H groups in total. The van der Waals surface area contributed by atoms with Crippen LogP contribution in [0.1, 0.15) is 80.9 Å². The summed E-state index contributed by atoms with van der Waals surface area (Å²) in [6.45, 7) is 7.10. The van der Waals surface area contributed by atoms with Gasteiger partial charge in [0.25, 0.3) is 5.91 Å². The zero-order chi connectivity index (χ0) is 26.8. The highest BCUT2D eigenvalue weighted by Gasteiger charge is 2.36. The number of carbonyl (C=O) groups excluding carboxylic acids is 2. The van der Waals surface area contributed by atoms with Crippen LogP contribution in [0.4, 0.5) is 0 Å². The van der Waals surface area contributed by atoms with Gasteiger partial charge in [-0.2, -0.15) is 0 Å². The van der Waals surface area contributed by atoms with Crippen molar-refractivity contribution < 1.29 is 9.59 Å². The molecule has 1 aromatic rings. The predicted molar refractivity (Wildman–Crippen MR) is 158 cm³/mol. The van der Waals surface area contributed by atoms with Crippen LogP contribution in [-0.4, -0.2) is 76.8 Å². The largest absolute Gasteiger partial charge is 0.339 e. The highest BCUT2D eigenvalue weighted by Crippen LogP contribution is 2.20. The summed E-state index contributed by atoms with van der Waals surface area (Å²) < 4.78 is 0. The van der Waals surface area contributed by atoms with E-state index in [-0.39, 0.29) is 11.8 Å². The number of piperazine rings is 1. The molecule has 0 unspecified atom stereocenters. The van der Waals surface area contributed by atoms with E-state index in [1.165, 1.54) is 37.0 Å². The highest BCUT2D eigenvalue weighted by atomic mass is 32.1. The molecule has 0 atom stereocenters. The van der Waals surface area contributed by atoms with E-state index < -0.39 is 0 Å². The Morgan fingerprint density at radius 1 is 0.842 bits per heavy atom. The minimum Gasteiger partial charge on any atom is -0.339 e. The number of rotatable bonds is 16. The number of aromatic nitrogens is 1. The molecule has 2 aliphatic rings. The lowest BCUT2D eigenvalue weighted by Gasteiger charge is -2.48. The van der Waals surface area contributed by atoms with Gasteiger partial charge >= 0.3 is 0 Å². The number of nitrogens with zero attached hydrogens (tertiary/aromatic N) is 4. The molecule has 3 heterocycles. The average molecular weight is 539 g/mol. The maximum absolute atomic E-state index is 12.5. The Bertz CT molecular complexity index is 924. The molecule has 7 heteroatoms. The third-order valence-corrected chi connectivity index (χ3v) is 7.93. The van der Waals surface area contributed by atoms with Crippen LogP contribution in [0.25, 0.3) is 0 Å². The van der Waals surface area contributed by atoms with Crippen LogP contribution in [0.2, 0.25) is 0 Å². The Morgan fingerprint density at radius 3 is 2.03 bits per heavy atom. The van der Waals surface area contributed by atoms with Gasteiger partial charge in [0.05, 0.1) is 0 Å². The molecule has 2 aliphatic heterocycles. The molecular formula is C31H46N4O2S. The molecule has 1 aromatic heterocycles. The van der Waals surface area contributed by atoms with Crippen molar-refractivity contribution >= 4 is 23.2 Å². The standard InChI is InChI=1S/C31H46N4O2S/c1-2-3-4-5-6-7-8-9-10-11-12-13-14-15-16-17-18-19-29(36)35-26-28(27-35)33-21-23-34(24-22-33)31(37)30-32-20-25-38-30/h6-7,9-10,12-13,15-16,20,25,28H,2-5,8,11,14,17-19,21-24,26-27H2,1H3/b7-6-,10-9-,13-12-,16-15-. The van der Waals surface area contributed by atoms with E-state index in [0.717, 1.165) is 71.4 Å². The first-order valence-electron chi connectivity index (χ1n) is 14.5. The van der Waals surface area contributed by atoms with Crippen molar-refractivity contribution in [1.82, 2.24) is 19.7 Å². The summed E-state index contributed by atoms with van der Waals surface area (Å²) in [6.07, 6.45) is 30.1. The van der Waals surface area contributed by atoms with E-state index in [0.29, 0.717) is 17.5 Å². The van der Waals surface area contributed by atoms with Crippen molar-refractivity contribution in [3.05, 3.63) is 65.2 Å². The summed E-state index contributed by atoms with van der Waals surface area (Å²) in [5.74, 6) is 0.314. The first kappa shape index (κ1) is 30.0. The van der Waals surface area contributed by atoms with Gasteiger partial charge in [0.15, 0.2) is 5.01 Å². The van der Waals surface area contributed by atoms with Gasteiger partial charge in [-0.25, -0.2) is 4.98 Å². The number of carbonyl (C=O) groups is 2. The summed E-state index contributed by atoms with van der Waals surface area (Å²) in [5.41, 5.74) is 0. The van der Waals surface area contributed by atoms with E-state index in [1.807, 2.05) is 15.2 Å². The fourth-order valence-electron chi connectivity index (χ4n) is 4.73. The Balaban J connectivity index is 1.15. The summed E-state index contributed by atoms with van der Waals surface area (Å²) in [6, 6.07) is 0.435. The Hall–Kier alpha value is -2.51. The van der Waals surface area contributed by atoms with Gasteiger partial charge in [0.2, 0.25) is 5.91 Å². The summed E-state index contributed by atoms with van der Waals surface area (Å²) in [4.78, 5) is 35.4. The van der Waals surface area contributed by atoms with Crippen LogP contribution < -0.4 is 0 Å². The van der Waals surface area contributed by atoms with Gasteiger partial charge in [0.1, 0.15) is 0 Å². The van der Waals surface area contributed by atoms with Crippen LogP contribution in [0.3, 0.4) is 0 Å². The molecule has 0 radical (unpaired) electrons. The van der Waals surface area contributed by atoms with Crippen LogP contribution in [0.15, 0.2) is 60.2 Å². The third-order valence-electron chi connectivity index (χ3n) is 7.17. The molecule has 38 heavy (non-hydrogen) atoms. The molecule has 6 nitrogen and oxygen atoms in total. The average Bonchev–Trinajstić information content (AvgIpc) is 3.45. The smallest absolute Gasteiger partial charge is 0.282 e. The van der Waals surface area contributed by atoms with Gasteiger partial charge < -0.3 is 9.80 Å². The number of likely N-dealkylation sites (tertiary alicyclic amines) is 1. The fourth-order valence-corrected chi connectivity index (χ4v) is 5.34. The van der Waals surface area contributed by atoms with E-state index in [9.17, 15) is 9.59 Å². The molecule has 2 fully saturated rings. The van der Waals surface area contributed by atoms with Crippen LogP contribution >= 0.6 is 11.3 Å². The number of thiazole rings is 1. The highest BCUT2D eigenvalue weighted by molar-refractivity contribution is 7.11. The number of hydrogen-bond donors (Lipinski definition) is 0. The monoisotopic (exact) mass is 538 g/mol. The van der Waals surface area contributed by atoms with Crippen molar-refractivity contribution in [2.45, 2.75) is 77.2 Å². The van der Waals surface area contributed by atoms with Crippen molar-refractivity contribution in [3.63, 3.8) is 0 Å². The van der Waals surface area contributed by atoms with Crippen LogP contribution in [0, 0.1) is 0 Å². The Kier molecular flexibility index (Phi) is 14.1. The minimum absolute atomic E-state index is 0.0410. The predicted octanol–water partition coefficient (Wildman–Crippen LogP) is 6.26. The van der Waals surface area contributed by atoms with Crippen LogP contribution in [-0.2, 0) is 4.79 Å². The SMILES string of the molecule is CCCCC/C=C\C/C=C\C/C=C\C/C=C\CCCC(=O)N1CC(N2CCN(C(=O)c3nccs3)CC2)C1. The quantitative estimate of drug-likeness (QED) is 0.184. The van der Waals surface area contributed by atoms with Crippen molar-refractivity contribution in [1.29, 1.82) is 0 Å². The molecule has 2 amide bonds. The Labute approximate surface area is 233 Å². The molecule has 2 saturated heterocycles. The normalized spacial score (nSPS) is 17.5. The number of hydrogen-bond acceptors (Lipinski definition) is 5. The maximum Gasteiger partial charge on any atom is 0.282 e. The van der Waals surface area contributed by atoms with E-state index >= 15 is 0 Å². The summed E-state index contributed by atoms with van der Waals surface area (Å²) >= 11 is 1.40. The number of allylic oxidation sites excluding steroid dienone is 8. The maximum atomic E-state index is 12.5. The number of amides is 2. The lowest BCUT2D eigenvalue weighted by Crippen LogP contribution is -2.64. The fraction of sp³-hybridized carbons (Fsp3) is 0.581. The molecular weight excluding hydrogens is 492 g/mol. The molecule has 208 valence electrons. The van der Waals surface area contributed by atoms with Crippen molar-refractivity contribution in [2.24, 2.45) is 0 Å². The molecule has 3 rings (SSSR count). The summed E-state index contributed by atoms with van der Waals surface area (Å²) in [5, 5.41) is 2.42. The minimum atomic E-state index is 0.0410. The zero-order valence-corrected chi connectivity index (χ0v) is 24.0. The molecule has 0 aromatic carbocycles. The van der Waals surface area contributed by atoms with Gasteiger partial charge in [-0.05, 0) is 44.9 Å². The Morgan fingerprint density at radius 2 is 1.45 bits per heavy atom. The first-order valence-corrected chi connectivity index (χ1v) is 15.4. The molecule has 0 bridgehead atoms. The second kappa shape index (κ2) is 17.9. The van der Waals surface area contributed by atoms with Gasteiger partial charge in [-0.1, -0.05) is 68.4 Å². The van der Waals surface area contributed by atoms with Gasteiger partial charge in [-0.3, -0.25) is 14.5 Å². The zero-order valence-electron chi connectivity index (χ0n) is 23.2.